The minimum atomic E-state index is 0.318. The van der Waals surface area contributed by atoms with E-state index in [1.807, 2.05) is 6.92 Å². The van der Waals surface area contributed by atoms with Crippen LogP contribution in [0.5, 0.6) is 0 Å². The summed E-state index contributed by atoms with van der Waals surface area (Å²) in [6.07, 6.45) is 0. The van der Waals surface area contributed by atoms with Crippen LogP contribution >= 0.6 is 0 Å². The lowest BCUT2D eigenvalue weighted by Gasteiger charge is -2.28. The molecular weight excluding hydrogens is 122 g/mol. The zero-order valence-electron chi connectivity index (χ0n) is 7.78. The molecule has 0 heterocycles. The Labute approximate surface area is 64.5 Å². The van der Waals surface area contributed by atoms with Gasteiger partial charge in [0.1, 0.15) is 0 Å². The third-order valence-electron chi connectivity index (χ3n) is 1.76. The van der Waals surface area contributed by atoms with Crippen LogP contribution in [0.25, 0.3) is 0 Å². The van der Waals surface area contributed by atoms with Gasteiger partial charge in [0.2, 0.25) is 0 Å². The Balaban J connectivity index is 3.85. The topological polar surface area (TPSA) is 12.0 Å². The van der Waals surface area contributed by atoms with Crippen LogP contribution in [0, 0.1) is 5.41 Å². The third kappa shape index (κ3) is 3.54. The molecule has 1 heteroatoms. The summed E-state index contributed by atoms with van der Waals surface area (Å²) in [4.78, 5) is 0. The predicted molar refractivity (Wildman–Crippen MR) is 46.9 cm³/mol. The highest BCUT2D eigenvalue weighted by Gasteiger charge is 2.18. The van der Waals surface area contributed by atoms with E-state index < -0.39 is 0 Å². The fraction of sp³-hybridized carbons (Fsp3) is 0.778. The molecular formula is C9H19N. The first kappa shape index (κ1) is 9.54. The molecule has 10 heavy (non-hydrogen) atoms. The number of hydrogen-bond acceptors (Lipinski definition) is 1. The van der Waals surface area contributed by atoms with Gasteiger partial charge in [-0.15, -0.1) is 0 Å². The highest BCUT2D eigenvalue weighted by molar-refractivity contribution is 4.90. The highest BCUT2D eigenvalue weighted by Crippen LogP contribution is 2.18. The minimum absolute atomic E-state index is 0.318. The second kappa shape index (κ2) is 3.09. The molecule has 0 radical (unpaired) electrons. The Morgan fingerprint density at radius 3 is 1.90 bits per heavy atom. The maximum absolute atomic E-state index is 3.80. The monoisotopic (exact) mass is 141 g/mol. The van der Waals surface area contributed by atoms with E-state index in [0.29, 0.717) is 11.5 Å². The van der Waals surface area contributed by atoms with Crippen molar-refractivity contribution in [2.45, 2.75) is 40.7 Å². The smallest absolute Gasteiger partial charge is 0.0278 e. The molecule has 0 saturated carbocycles. The van der Waals surface area contributed by atoms with Gasteiger partial charge in [-0.05, 0) is 19.3 Å². The summed E-state index contributed by atoms with van der Waals surface area (Å²) in [5, 5.41) is 3.29. The van der Waals surface area contributed by atoms with Gasteiger partial charge in [0.25, 0.3) is 0 Å². The highest BCUT2D eigenvalue weighted by atomic mass is 14.9. The first-order chi connectivity index (χ1) is 4.34. The molecule has 1 atom stereocenters. The molecule has 1 unspecified atom stereocenters. The zero-order chi connectivity index (χ0) is 8.36. The van der Waals surface area contributed by atoms with Crippen molar-refractivity contribution in [2.24, 2.45) is 5.41 Å². The van der Waals surface area contributed by atoms with Crippen LogP contribution in [0.1, 0.15) is 34.6 Å². The first-order valence-corrected chi connectivity index (χ1v) is 3.76. The summed E-state index contributed by atoms with van der Waals surface area (Å²) in [6.45, 7) is 14.6. The molecule has 1 N–H and O–H groups in total. The van der Waals surface area contributed by atoms with E-state index in [2.05, 4.69) is 39.6 Å². The van der Waals surface area contributed by atoms with Crippen LogP contribution in [-0.2, 0) is 0 Å². The number of hydrogen-bond donors (Lipinski definition) is 1. The molecule has 0 bridgehead atoms. The lowest BCUT2D eigenvalue weighted by Crippen LogP contribution is -2.36. The molecule has 0 aromatic heterocycles. The standard InChI is InChI=1S/C9H19N/c1-7(2)10-8(3)9(4,5)6/h8,10H,1H2,2-6H3. The largest absolute Gasteiger partial charge is 0.386 e. The number of rotatable bonds is 2. The summed E-state index contributed by atoms with van der Waals surface area (Å²) < 4.78 is 0. The van der Waals surface area contributed by atoms with Gasteiger partial charge in [0, 0.05) is 11.7 Å². The third-order valence-corrected chi connectivity index (χ3v) is 1.76. The lowest BCUT2D eigenvalue weighted by atomic mass is 9.88. The van der Waals surface area contributed by atoms with Crippen molar-refractivity contribution in [2.75, 3.05) is 0 Å². The van der Waals surface area contributed by atoms with Crippen molar-refractivity contribution in [1.29, 1.82) is 0 Å². The summed E-state index contributed by atoms with van der Waals surface area (Å²) in [5.74, 6) is 0. The maximum Gasteiger partial charge on any atom is 0.0278 e. The van der Waals surface area contributed by atoms with Crippen molar-refractivity contribution >= 4 is 0 Å². The van der Waals surface area contributed by atoms with E-state index in [0.717, 1.165) is 5.70 Å². The average molecular weight is 141 g/mol. The zero-order valence-corrected chi connectivity index (χ0v) is 7.78. The quantitative estimate of drug-likeness (QED) is 0.623. The summed E-state index contributed by atoms with van der Waals surface area (Å²) in [6, 6.07) is 0.491. The summed E-state index contributed by atoms with van der Waals surface area (Å²) in [5.41, 5.74) is 1.36. The average Bonchev–Trinajstić information content (AvgIpc) is 1.60. The van der Waals surface area contributed by atoms with Crippen molar-refractivity contribution in [1.82, 2.24) is 5.32 Å². The molecule has 60 valence electrons. The molecule has 0 saturated heterocycles. The van der Waals surface area contributed by atoms with E-state index in [9.17, 15) is 0 Å². The first-order valence-electron chi connectivity index (χ1n) is 3.76. The Hall–Kier alpha value is -0.460. The van der Waals surface area contributed by atoms with Crippen LogP contribution in [-0.4, -0.2) is 6.04 Å². The van der Waals surface area contributed by atoms with Gasteiger partial charge in [-0.3, -0.25) is 0 Å². The molecule has 0 aromatic carbocycles. The van der Waals surface area contributed by atoms with Crippen molar-refractivity contribution in [3.63, 3.8) is 0 Å². The Kier molecular flexibility index (Phi) is 2.95. The summed E-state index contributed by atoms with van der Waals surface area (Å²) in [7, 11) is 0. The van der Waals surface area contributed by atoms with Crippen LogP contribution < -0.4 is 5.32 Å². The van der Waals surface area contributed by atoms with Gasteiger partial charge in [-0.1, -0.05) is 27.4 Å². The second-order valence-corrected chi connectivity index (χ2v) is 4.01. The van der Waals surface area contributed by atoms with Crippen LogP contribution in [0.3, 0.4) is 0 Å². The molecule has 0 fully saturated rings. The Morgan fingerprint density at radius 2 is 1.80 bits per heavy atom. The van der Waals surface area contributed by atoms with Crippen LogP contribution in [0.4, 0.5) is 0 Å². The van der Waals surface area contributed by atoms with Gasteiger partial charge < -0.3 is 5.32 Å². The van der Waals surface area contributed by atoms with Gasteiger partial charge in [-0.25, -0.2) is 0 Å². The van der Waals surface area contributed by atoms with E-state index in [-0.39, 0.29) is 0 Å². The minimum Gasteiger partial charge on any atom is -0.386 e. The molecule has 0 aliphatic heterocycles. The van der Waals surface area contributed by atoms with Gasteiger partial charge in [0.15, 0.2) is 0 Å². The lowest BCUT2D eigenvalue weighted by molar-refractivity contribution is 0.303. The Morgan fingerprint density at radius 1 is 1.40 bits per heavy atom. The molecule has 0 aliphatic carbocycles. The molecule has 0 spiro atoms. The van der Waals surface area contributed by atoms with E-state index in [1.54, 1.807) is 0 Å². The molecule has 0 aromatic rings. The second-order valence-electron chi connectivity index (χ2n) is 4.01. The normalized spacial score (nSPS) is 14.5. The van der Waals surface area contributed by atoms with Gasteiger partial charge in [0.05, 0.1) is 0 Å². The number of allylic oxidation sites excluding steroid dienone is 1. The maximum atomic E-state index is 3.80. The van der Waals surface area contributed by atoms with E-state index in [4.69, 9.17) is 0 Å². The van der Waals surface area contributed by atoms with Gasteiger partial charge in [-0.2, -0.15) is 0 Å². The van der Waals surface area contributed by atoms with Crippen molar-refractivity contribution in [3.8, 4) is 0 Å². The molecule has 0 amide bonds. The molecule has 0 rings (SSSR count). The van der Waals surface area contributed by atoms with Gasteiger partial charge >= 0.3 is 0 Å². The fourth-order valence-electron chi connectivity index (χ4n) is 0.586. The van der Waals surface area contributed by atoms with Crippen molar-refractivity contribution in [3.05, 3.63) is 12.3 Å². The number of nitrogens with one attached hydrogen (secondary N) is 1. The SMILES string of the molecule is C=C(C)NC(C)C(C)(C)C. The Bertz CT molecular complexity index is 119. The van der Waals surface area contributed by atoms with Crippen molar-refractivity contribution < 1.29 is 0 Å². The molecule has 0 aliphatic rings. The molecule has 1 nitrogen and oxygen atoms in total. The van der Waals surface area contributed by atoms with Crippen LogP contribution in [0.15, 0.2) is 12.3 Å². The fourth-order valence-corrected chi connectivity index (χ4v) is 0.586. The summed E-state index contributed by atoms with van der Waals surface area (Å²) >= 11 is 0. The van der Waals surface area contributed by atoms with E-state index in [1.165, 1.54) is 0 Å². The van der Waals surface area contributed by atoms with Crippen LogP contribution in [0.2, 0.25) is 0 Å². The van der Waals surface area contributed by atoms with E-state index >= 15 is 0 Å². The predicted octanol–water partition coefficient (Wildman–Crippen LogP) is 2.54.